The Bertz CT molecular complexity index is 1390. The molecule has 0 fully saturated rings. The molecule has 0 saturated carbocycles. The fraction of sp³-hybridized carbons (Fsp3) is 0.241. The number of benzene rings is 3. The third kappa shape index (κ3) is 5.40. The van der Waals surface area contributed by atoms with Gasteiger partial charge in [-0.15, -0.1) is 0 Å². The summed E-state index contributed by atoms with van der Waals surface area (Å²) in [6, 6.07) is 18.8. The molecule has 0 radical (unpaired) electrons. The minimum Gasteiger partial charge on any atom is -0.481 e. The van der Waals surface area contributed by atoms with E-state index in [9.17, 15) is 14.0 Å². The second-order valence-electron chi connectivity index (χ2n) is 9.03. The van der Waals surface area contributed by atoms with Crippen LogP contribution in [0.15, 0.2) is 71.1 Å². The van der Waals surface area contributed by atoms with Crippen LogP contribution in [-0.2, 0) is 4.79 Å². The number of hydrogen-bond donors (Lipinski definition) is 2. The van der Waals surface area contributed by atoms with Gasteiger partial charge >= 0.3 is 0 Å². The molecule has 1 atom stereocenters. The number of amides is 2. The van der Waals surface area contributed by atoms with Crippen LogP contribution in [0.2, 0.25) is 0 Å². The second kappa shape index (κ2) is 10.6. The summed E-state index contributed by atoms with van der Waals surface area (Å²) < 4.78 is 25.4. The number of nitrogens with one attached hydrogen (secondary N) is 2. The molecule has 0 aliphatic rings. The van der Waals surface area contributed by atoms with Gasteiger partial charge in [-0.25, -0.2) is 4.39 Å². The lowest BCUT2D eigenvalue weighted by Crippen LogP contribution is -2.38. The molecular weight excluding hydrogens is 459 g/mol. The lowest BCUT2D eigenvalue weighted by molar-refractivity contribution is -0.127. The molecule has 1 aromatic heterocycles. The SMILES string of the molecule is CNC(=O)c1c(-c2ccc(F)cc2)oc2ccc(-c3cccc(OC(C)C(=O)NCC(C)C)c3)cc12. The maximum atomic E-state index is 13.5. The molecule has 36 heavy (non-hydrogen) atoms. The van der Waals surface area contributed by atoms with Gasteiger partial charge in [0, 0.05) is 24.5 Å². The molecule has 0 bridgehead atoms. The lowest BCUT2D eigenvalue weighted by atomic mass is 10.00. The van der Waals surface area contributed by atoms with E-state index in [0.29, 0.717) is 46.1 Å². The number of carbonyl (C=O) groups is 2. The molecule has 6 nitrogen and oxygen atoms in total. The van der Waals surface area contributed by atoms with E-state index in [-0.39, 0.29) is 17.6 Å². The van der Waals surface area contributed by atoms with Crippen LogP contribution in [0.1, 0.15) is 31.1 Å². The largest absolute Gasteiger partial charge is 0.481 e. The number of hydrogen-bond acceptors (Lipinski definition) is 4. The lowest BCUT2D eigenvalue weighted by Gasteiger charge is -2.16. The predicted octanol–water partition coefficient (Wildman–Crippen LogP) is 5.81. The zero-order valence-electron chi connectivity index (χ0n) is 20.7. The van der Waals surface area contributed by atoms with Crippen molar-refractivity contribution in [1.82, 2.24) is 10.6 Å². The minimum atomic E-state index is -0.645. The summed E-state index contributed by atoms with van der Waals surface area (Å²) in [5.41, 5.74) is 3.23. The monoisotopic (exact) mass is 488 g/mol. The van der Waals surface area contributed by atoms with Crippen LogP contribution in [0.3, 0.4) is 0 Å². The average molecular weight is 489 g/mol. The zero-order chi connectivity index (χ0) is 25.8. The highest BCUT2D eigenvalue weighted by Gasteiger charge is 2.22. The van der Waals surface area contributed by atoms with Crippen LogP contribution in [0.25, 0.3) is 33.4 Å². The third-order valence-corrected chi connectivity index (χ3v) is 5.78. The van der Waals surface area contributed by atoms with Crippen molar-refractivity contribution >= 4 is 22.8 Å². The molecule has 3 aromatic carbocycles. The number of halogens is 1. The van der Waals surface area contributed by atoms with Gasteiger partial charge in [0.05, 0.1) is 5.56 Å². The van der Waals surface area contributed by atoms with Crippen LogP contribution in [0, 0.1) is 11.7 Å². The zero-order valence-corrected chi connectivity index (χ0v) is 20.7. The van der Waals surface area contributed by atoms with E-state index in [1.54, 1.807) is 38.2 Å². The van der Waals surface area contributed by atoms with Gasteiger partial charge in [0.15, 0.2) is 6.10 Å². The van der Waals surface area contributed by atoms with Crippen molar-refractivity contribution in [1.29, 1.82) is 0 Å². The molecule has 2 amide bonds. The fourth-order valence-electron chi connectivity index (χ4n) is 3.89. The van der Waals surface area contributed by atoms with Crippen molar-refractivity contribution < 1.29 is 23.1 Å². The van der Waals surface area contributed by atoms with Gasteiger partial charge in [0.25, 0.3) is 11.8 Å². The Hall–Kier alpha value is -4.13. The first-order chi connectivity index (χ1) is 17.3. The topological polar surface area (TPSA) is 80.6 Å². The quantitative estimate of drug-likeness (QED) is 0.328. The molecule has 0 aliphatic heterocycles. The fourth-order valence-corrected chi connectivity index (χ4v) is 3.89. The highest BCUT2D eigenvalue weighted by atomic mass is 19.1. The van der Waals surface area contributed by atoms with Gasteiger partial charge < -0.3 is 19.8 Å². The summed E-state index contributed by atoms with van der Waals surface area (Å²) in [5.74, 6) is 0.448. The Morgan fingerprint density at radius 2 is 1.64 bits per heavy atom. The summed E-state index contributed by atoms with van der Waals surface area (Å²) in [4.78, 5) is 25.1. The number of rotatable bonds is 8. The maximum absolute atomic E-state index is 13.5. The van der Waals surface area contributed by atoms with Crippen LogP contribution in [-0.4, -0.2) is 31.5 Å². The Labute approximate surface area is 209 Å². The van der Waals surface area contributed by atoms with E-state index >= 15 is 0 Å². The van der Waals surface area contributed by atoms with E-state index in [4.69, 9.17) is 9.15 Å². The minimum absolute atomic E-state index is 0.169. The van der Waals surface area contributed by atoms with Crippen molar-refractivity contribution in [3.05, 3.63) is 78.1 Å². The number of carbonyl (C=O) groups excluding carboxylic acids is 2. The van der Waals surface area contributed by atoms with Crippen molar-refractivity contribution in [2.75, 3.05) is 13.6 Å². The molecule has 7 heteroatoms. The van der Waals surface area contributed by atoms with Crippen LogP contribution in [0.5, 0.6) is 5.75 Å². The number of fused-ring (bicyclic) bond motifs is 1. The Morgan fingerprint density at radius 3 is 2.33 bits per heavy atom. The highest BCUT2D eigenvalue weighted by Crippen LogP contribution is 2.36. The van der Waals surface area contributed by atoms with Gasteiger partial charge in [-0.05, 0) is 72.5 Å². The smallest absolute Gasteiger partial charge is 0.260 e. The van der Waals surface area contributed by atoms with E-state index in [0.717, 1.165) is 11.1 Å². The second-order valence-corrected chi connectivity index (χ2v) is 9.03. The molecular formula is C29H29FN2O4. The molecule has 0 aliphatic carbocycles. The first-order valence-corrected chi connectivity index (χ1v) is 11.9. The first-order valence-electron chi connectivity index (χ1n) is 11.9. The molecule has 4 rings (SSSR count). The summed E-state index contributed by atoms with van der Waals surface area (Å²) in [6.07, 6.45) is -0.645. The van der Waals surface area contributed by atoms with E-state index < -0.39 is 6.10 Å². The Kier molecular flexibility index (Phi) is 7.38. The molecule has 186 valence electrons. The first kappa shape index (κ1) is 25.0. The van der Waals surface area contributed by atoms with Gasteiger partial charge in [0.2, 0.25) is 0 Å². The number of furan rings is 1. The van der Waals surface area contributed by atoms with Crippen molar-refractivity contribution in [3.8, 4) is 28.2 Å². The van der Waals surface area contributed by atoms with E-state index in [1.807, 2.05) is 44.2 Å². The van der Waals surface area contributed by atoms with Crippen LogP contribution in [0.4, 0.5) is 4.39 Å². The molecule has 1 heterocycles. The Morgan fingerprint density at radius 1 is 0.944 bits per heavy atom. The summed E-state index contributed by atoms with van der Waals surface area (Å²) in [7, 11) is 1.55. The van der Waals surface area contributed by atoms with Crippen LogP contribution >= 0.6 is 0 Å². The third-order valence-electron chi connectivity index (χ3n) is 5.78. The molecule has 4 aromatic rings. The summed E-state index contributed by atoms with van der Waals surface area (Å²) in [5, 5.41) is 6.18. The molecule has 2 N–H and O–H groups in total. The average Bonchev–Trinajstić information content (AvgIpc) is 3.26. The Balaban J connectivity index is 1.67. The summed E-state index contributed by atoms with van der Waals surface area (Å²) in [6.45, 7) is 6.37. The highest BCUT2D eigenvalue weighted by molar-refractivity contribution is 6.11. The molecule has 0 spiro atoms. The number of ether oxygens (including phenoxy) is 1. The maximum Gasteiger partial charge on any atom is 0.260 e. The van der Waals surface area contributed by atoms with E-state index in [2.05, 4.69) is 10.6 Å². The normalized spacial score (nSPS) is 11.9. The van der Waals surface area contributed by atoms with Gasteiger partial charge in [0.1, 0.15) is 22.9 Å². The van der Waals surface area contributed by atoms with Crippen molar-refractivity contribution in [2.24, 2.45) is 5.92 Å². The van der Waals surface area contributed by atoms with Gasteiger partial charge in [-0.2, -0.15) is 0 Å². The van der Waals surface area contributed by atoms with Crippen molar-refractivity contribution in [3.63, 3.8) is 0 Å². The molecule has 0 saturated heterocycles. The van der Waals surface area contributed by atoms with Crippen LogP contribution < -0.4 is 15.4 Å². The van der Waals surface area contributed by atoms with Crippen molar-refractivity contribution in [2.45, 2.75) is 26.9 Å². The standard InChI is InChI=1S/C29H29FN2O4/c1-17(2)16-32-28(33)18(3)35-23-7-5-6-20(14-23)21-10-13-25-24(15-21)26(29(34)31-4)27(36-25)19-8-11-22(30)12-9-19/h5-15,17-18H,16H2,1-4H3,(H,31,34)(H,32,33). The van der Waals surface area contributed by atoms with Gasteiger partial charge in [-0.3, -0.25) is 9.59 Å². The predicted molar refractivity (Wildman–Crippen MR) is 138 cm³/mol. The van der Waals surface area contributed by atoms with Gasteiger partial charge in [-0.1, -0.05) is 32.0 Å². The summed E-state index contributed by atoms with van der Waals surface area (Å²) >= 11 is 0. The molecule has 1 unspecified atom stereocenters. The van der Waals surface area contributed by atoms with E-state index in [1.165, 1.54) is 12.1 Å².